The number of aryl methyl sites for hydroxylation is 3. The van der Waals surface area contributed by atoms with Crippen molar-refractivity contribution in [3.8, 4) is 0 Å². The van der Waals surface area contributed by atoms with Crippen molar-refractivity contribution < 1.29 is 0 Å². The van der Waals surface area contributed by atoms with Crippen molar-refractivity contribution in [2.45, 2.75) is 26.8 Å². The predicted octanol–water partition coefficient (Wildman–Crippen LogP) is 4.38. The topological polar surface area (TPSA) is 38.0 Å². The third-order valence-electron chi connectivity index (χ3n) is 3.66. The lowest BCUT2D eigenvalue weighted by molar-refractivity contribution is 0.782. The number of benzene rings is 2. The van der Waals surface area contributed by atoms with E-state index in [2.05, 4.69) is 38.2 Å². The molecule has 0 saturated carbocycles. The molecule has 0 spiro atoms. The van der Waals surface area contributed by atoms with Gasteiger partial charge in [0.25, 0.3) is 0 Å². The van der Waals surface area contributed by atoms with Gasteiger partial charge in [-0.3, -0.25) is 0 Å². The molecule has 0 aliphatic heterocycles. The van der Waals surface area contributed by atoms with Crippen LogP contribution in [-0.4, -0.2) is 6.54 Å². The van der Waals surface area contributed by atoms with E-state index in [0.717, 1.165) is 10.7 Å². The van der Waals surface area contributed by atoms with E-state index in [1.165, 1.54) is 22.3 Å². The van der Waals surface area contributed by atoms with Gasteiger partial charge in [-0.25, -0.2) is 0 Å². The number of hydrogen-bond donors (Lipinski definition) is 2. The molecule has 0 radical (unpaired) electrons. The Morgan fingerprint density at radius 1 is 1.05 bits per heavy atom. The van der Waals surface area contributed by atoms with Gasteiger partial charge in [-0.05, 0) is 61.2 Å². The number of anilines is 1. The van der Waals surface area contributed by atoms with E-state index in [0.29, 0.717) is 6.54 Å². The molecule has 0 heterocycles. The predicted molar refractivity (Wildman–Crippen MR) is 87.5 cm³/mol. The van der Waals surface area contributed by atoms with Crippen LogP contribution in [-0.2, 0) is 0 Å². The van der Waals surface area contributed by atoms with Gasteiger partial charge in [0.15, 0.2) is 0 Å². The van der Waals surface area contributed by atoms with Crippen molar-refractivity contribution in [1.82, 2.24) is 0 Å². The summed E-state index contributed by atoms with van der Waals surface area (Å²) in [5, 5.41) is 4.19. The van der Waals surface area contributed by atoms with Gasteiger partial charge in [0.1, 0.15) is 0 Å². The Morgan fingerprint density at radius 3 is 2.40 bits per heavy atom. The van der Waals surface area contributed by atoms with Crippen molar-refractivity contribution in [1.29, 1.82) is 0 Å². The van der Waals surface area contributed by atoms with Gasteiger partial charge in [0, 0.05) is 17.3 Å². The second-order valence-electron chi connectivity index (χ2n) is 5.24. The zero-order valence-electron chi connectivity index (χ0n) is 12.2. The average molecular weight is 289 g/mol. The fraction of sp³-hybridized carbons (Fsp3) is 0.294. The summed E-state index contributed by atoms with van der Waals surface area (Å²) >= 11 is 6.02. The highest BCUT2D eigenvalue weighted by Crippen LogP contribution is 2.25. The molecule has 106 valence electrons. The van der Waals surface area contributed by atoms with Crippen LogP contribution in [0.4, 0.5) is 5.69 Å². The van der Waals surface area contributed by atoms with Crippen molar-refractivity contribution in [3.05, 3.63) is 63.7 Å². The van der Waals surface area contributed by atoms with Gasteiger partial charge in [0.05, 0.1) is 6.04 Å². The summed E-state index contributed by atoms with van der Waals surface area (Å²) in [6.07, 6.45) is 0. The van der Waals surface area contributed by atoms with Crippen molar-refractivity contribution >= 4 is 17.3 Å². The minimum absolute atomic E-state index is 0.0905. The van der Waals surface area contributed by atoms with E-state index in [4.69, 9.17) is 17.3 Å². The molecule has 20 heavy (non-hydrogen) atoms. The first-order valence-electron chi connectivity index (χ1n) is 6.81. The Hall–Kier alpha value is -1.51. The second-order valence-corrected chi connectivity index (χ2v) is 5.67. The molecule has 1 unspecified atom stereocenters. The second kappa shape index (κ2) is 6.29. The molecule has 2 aromatic rings. The van der Waals surface area contributed by atoms with Crippen LogP contribution in [0.3, 0.4) is 0 Å². The number of halogens is 1. The van der Waals surface area contributed by atoms with Crippen molar-refractivity contribution in [2.24, 2.45) is 5.73 Å². The van der Waals surface area contributed by atoms with Crippen LogP contribution in [0, 0.1) is 20.8 Å². The lowest BCUT2D eigenvalue weighted by atomic mass is 9.95. The molecule has 1 atom stereocenters. The number of hydrogen-bond acceptors (Lipinski definition) is 2. The van der Waals surface area contributed by atoms with Gasteiger partial charge in [-0.2, -0.15) is 0 Å². The number of rotatable bonds is 4. The maximum atomic E-state index is 6.02. The normalized spacial score (nSPS) is 12.2. The molecule has 2 rings (SSSR count). The van der Waals surface area contributed by atoms with Crippen molar-refractivity contribution in [3.63, 3.8) is 0 Å². The van der Waals surface area contributed by atoms with Gasteiger partial charge < -0.3 is 11.1 Å². The van der Waals surface area contributed by atoms with E-state index in [9.17, 15) is 0 Å². The molecule has 0 fully saturated rings. The number of nitrogens with one attached hydrogen (secondary N) is 1. The Balaban J connectivity index is 2.31. The maximum absolute atomic E-state index is 6.02. The van der Waals surface area contributed by atoms with E-state index in [-0.39, 0.29) is 6.04 Å². The van der Waals surface area contributed by atoms with Crippen LogP contribution in [0.2, 0.25) is 5.02 Å². The summed E-state index contributed by atoms with van der Waals surface area (Å²) < 4.78 is 0. The standard InChI is InChI=1S/C17H21ClN2/c1-11-7-13(3)16(8-12(11)2)17(10-19)20-15-6-4-5-14(18)9-15/h4-9,17,20H,10,19H2,1-3H3. The lowest BCUT2D eigenvalue weighted by Crippen LogP contribution is -2.21. The highest BCUT2D eigenvalue weighted by Gasteiger charge is 2.13. The van der Waals surface area contributed by atoms with E-state index in [1.807, 2.05) is 24.3 Å². The molecule has 0 bridgehead atoms. The summed E-state index contributed by atoms with van der Waals surface area (Å²) in [6, 6.07) is 12.3. The van der Waals surface area contributed by atoms with E-state index < -0.39 is 0 Å². The Morgan fingerprint density at radius 2 is 1.75 bits per heavy atom. The van der Waals surface area contributed by atoms with Gasteiger partial charge in [-0.15, -0.1) is 0 Å². The smallest absolute Gasteiger partial charge is 0.0638 e. The van der Waals surface area contributed by atoms with Crippen molar-refractivity contribution in [2.75, 3.05) is 11.9 Å². The van der Waals surface area contributed by atoms with Gasteiger partial charge in [0.2, 0.25) is 0 Å². The highest BCUT2D eigenvalue weighted by molar-refractivity contribution is 6.30. The summed E-state index contributed by atoms with van der Waals surface area (Å²) in [6.45, 7) is 6.93. The van der Waals surface area contributed by atoms with Crippen LogP contribution in [0.25, 0.3) is 0 Å². The quantitative estimate of drug-likeness (QED) is 0.876. The first-order valence-corrected chi connectivity index (χ1v) is 7.19. The summed E-state index contributed by atoms with van der Waals surface area (Å²) in [7, 11) is 0. The highest BCUT2D eigenvalue weighted by atomic mass is 35.5. The third kappa shape index (κ3) is 3.33. The zero-order valence-corrected chi connectivity index (χ0v) is 13.0. The molecule has 0 amide bonds. The van der Waals surface area contributed by atoms with Gasteiger partial charge >= 0.3 is 0 Å². The molecule has 0 aliphatic rings. The average Bonchev–Trinajstić information content (AvgIpc) is 2.40. The van der Waals surface area contributed by atoms with Crippen LogP contribution < -0.4 is 11.1 Å². The number of nitrogens with two attached hydrogens (primary N) is 1. The summed E-state index contributed by atoms with van der Waals surface area (Å²) in [5.74, 6) is 0. The molecule has 0 aromatic heterocycles. The Labute approximate surface area is 126 Å². The molecule has 2 aromatic carbocycles. The molecule has 3 heteroatoms. The molecule has 0 aliphatic carbocycles. The molecule has 3 N–H and O–H groups in total. The fourth-order valence-corrected chi connectivity index (χ4v) is 2.59. The molecule has 2 nitrogen and oxygen atoms in total. The minimum atomic E-state index is 0.0905. The van der Waals surface area contributed by atoms with E-state index >= 15 is 0 Å². The van der Waals surface area contributed by atoms with E-state index in [1.54, 1.807) is 0 Å². The van der Waals surface area contributed by atoms with Crippen LogP contribution in [0.15, 0.2) is 36.4 Å². The largest absolute Gasteiger partial charge is 0.377 e. The maximum Gasteiger partial charge on any atom is 0.0638 e. The third-order valence-corrected chi connectivity index (χ3v) is 3.89. The monoisotopic (exact) mass is 288 g/mol. The summed E-state index contributed by atoms with van der Waals surface area (Å²) in [4.78, 5) is 0. The Kier molecular flexibility index (Phi) is 4.69. The minimum Gasteiger partial charge on any atom is -0.377 e. The summed E-state index contributed by atoms with van der Waals surface area (Å²) in [5.41, 5.74) is 12.1. The first-order chi connectivity index (χ1) is 9.51. The van der Waals surface area contributed by atoms with Crippen LogP contribution in [0.5, 0.6) is 0 Å². The van der Waals surface area contributed by atoms with Crippen LogP contribution >= 0.6 is 11.6 Å². The first kappa shape index (κ1) is 14.9. The Bertz CT molecular complexity index is 608. The molecule has 0 saturated heterocycles. The van der Waals surface area contributed by atoms with Gasteiger partial charge in [-0.1, -0.05) is 29.8 Å². The van der Waals surface area contributed by atoms with Crippen LogP contribution in [0.1, 0.15) is 28.3 Å². The molecular weight excluding hydrogens is 268 g/mol. The lowest BCUT2D eigenvalue weighted by Gasteiger charge is -2.22. The molecular formula is C17H21ClN2. The fourth-order valence-electron chi connectivity index (χ4n) is 2.40. The zero-order chi connectivity index (χ0) is 14.7. The SMILES string of the molecule is Cc1cc(C)c(C(CN)Nc2cccc(Cl)c2)cc1C.